The molecule has 1 saturated heterocycles. The molecule has 3 aromatic heterocycles. The van der Waals surface area contributed by atoms with Crippen LogP contribution in [0.1, 0.15) is 35.9 Å². The Labute approximate surface area is 190 Å². The Hall–Kier alpha value is -4.00. The summed E-state index contributed by atoms with van der Waals surface area (Å²) in [6, 6.07) is 15.7. The van der Waals surface area contributed by atoms with Gasteiger partial charge in [0.15, 0.2) is 0 Å². The summed E-state index contributed by atoms with van der Waals surface area (Å²) in [5.41, 5.74) is 3.48. The summed E-state index contributed by atoms with van der Waals surface area (Å²) >= 11 is 0. The smallest absolute Gasteiger partial charge is 0.267 e. The normalized spacial score (nSPS) is 16.2. The van der Waals surface area contributed by atoms with Crippen molar-refractivity contribution in [3.8, 4) is 11.6 Å². The number of carbonyl (C=O) groups excluding carboxylic acids is 1. The molecule has 1 atom stereocenters. The predicted molar refractivity (Wildman–Crippen MR) is 123 cm³/mol. The van der Waals surface area contributed by atoms with Crippen molar-refractivity contribution >= 4 is 27.6 Å². The maximum Gasteiger partial charge on any atom is 0.267 e. The summed E-state index contributed by atoms with van der Waals surface area (Å²) in [6.07, 6.45) is 5.39. The molecule has 6 rings (SSSR count). The van der Waals surface area contributed by atoms with Crippen LogP contribution < -0.4 is 0 Å². The number of aromatic nitrogens is 3. The summed E-state index contributed by atoms with van der Waals surface area (Å²) in [5, 5.41) is 11.6. The Bertz CT molecular complexity index is 1480. The van der Waals surface area contributed by atoms with E-state index in [4.69, 9.17) is 8.83 Å². The highest BCUT2D eigenvalue weighted by Gasteiger charge is 2.34. The average molecular weight is 438 g/mol. The van der Waals surface area contributed by atoms with Crippen LogP contribution in [-0.2, 0) is 11.2 Å². The zero-order valence-electron chi connectivity index (χ0n) is 18.2. The standard InChI is InChI=1S/C26H22N4O3/c1-16-8-9-19-18(15-32-22(19)13-16)14-23(31)30-12-4-7-21(30)25-28-29-26(33-25)24-20-6-3-2-5-17(20)10-11-27-24/h2-3,5-6,8-11,13,15,21H,4,7,12,14H2,1H3/t21-/m1/s1. The fourth-order valence-corrected chi connectivity index (χ4v) is 4.67. The molecule has 1 amide bonds. The van der Waals surface area contributed by atoms with Crippen LogP contribution in [0.5, 0.6) is 0 Å². The highest BCUT2D eigenvalue weighted by Crippen LogP contribution is 2.34. The van der Waals surface area contributed by atoms with Gasteiger partial charge in [-0.1, -0.05) is 36.4 Å². The lowest BCUT2D eigenvalue weighted by Gasteiger charge is -2.21. The number of nitrogens with zero attached hydrogens (tertiary/aromatic N) is 4. The second-order valence-corrected chi connectivity index (χ2v) is 8.51. The molecule has 7 nitrogen and oxygen atoms in total. The minimum absolute atomic E-state index is 0.0313. The van der Waals surface area contributed by atoms with E-state index in [9.17, 15) is 4.79 Å². The van der Waals surface area contributed by atoms with Crippen LogP contribution in [0, 0.1) is 6.92 Å². The van der Waals surface area contributed by atoms with Gasteiger partial charge in [0.1, 0.15) is 17.3 Å². The summed E-state index contributed by atoms with van der Waals surface area (Å²) in [7, 11) is 0. The van der Waals surface area contributed by atoms with Crippen molar-refractivity contribution in [3.05, 3.63) is 78.0 Å². The van der Waals surface area contributed by atoms with Gasteiger partial charge < -0.3 is 13.7 Å². The van der Waals surface area contributed by atoms with Gasteiger partial charge >= 0.3 is 0 Å². The van der Waals surface area contributed by atoms with Crippen LogP contribution in [-0.4, -0.2) is 32.5 Å². The molecule has 33 heavy (non-hydrogen) atoms. The Morgan fingerprint density at radius 3 is 2.97 bits per heavy atom. The van der Waals surface area contributed by atoms with Gasteiger partial charge in [-0.3, -0.25) is 9.78 Å². The largest absolute Gasteiger partial charge is 0.464 e. The molecule has 7 heteroatoms. The number of pyridine rings is 1. The van der Waals surface area contributed by atoms with Crippen LogP contribution >= 0.6 is 0 Å². The summed E-state index contributed by atoms with van der Waals surface area (Å²) in [6.45, 7) is 2.69. The van der Waals surface area contributed by atoms with Gasteiger partial charge in [0.25, 0.3) is 5.89 Å². The molecule has 0 spiro atoms. The van der Waals surface area contributed by atoms with Crippen LogP contribution in [0.4, 0.5) is 0 Å². The molecule has 4 heterocycles. The minimum atomic E-state index is -0.228. The monoisotopic (exact) mass is 438 g/mol. The number of likely N-dealkylation sites (tertiary alicyclic amines) is 1. The third kappa shape index (κ3) is 3.46. The van der Waals surface area contributed by atoms with Crippen molar-refractivity contribution < 1.29 is 13.6 Å². The number of furan rings is 1. The van der Waals surface area contributed by atoms with Gasteiger partial charge in [0, 0.05) is 29.1 Å². The molecule has 0 radical (unpaired) electrons. The van der Waals surface area contributed by atoms with E-state index in [-0.39, 0.29) is 18.4 Å². The first-order valence-electron chi connectivity index (χ1n) is 11.1. The highest BCUT2D eigenvalue weighted by atomic mass is 16.4. The maximum atomic E-state index is 13.2. The number of benzene rings is 2. The van der Waals surface area contributed by atoms with E-state index < -0.39 is 0 Å². The number of aryl methyl sites for hydroxylation is 1. The molecular weight excluding hydrogens is 416 g/mol. The van der Waals surface area contributed by atoms with Gasteiger partial charge in [0.2, 0.25) is 11.8 Å². The molecule has 0 bridgehead atoms. The Morgan fingerprint density at radius 2 is 2.03 bits per heavy atom. The van der Waals surface area contributed by atoms with Crippen molar-refractivity contribution in [2.45, 2.75) is 32.2 Å². The van der Waals surface area contributed by atoms with Gasteiger partial charge in [-0.25, -0.2) is 0 Å². The zero-order chi connectivity index (χ0) is 22.4. The lowest BCUT2D eigenvalue weighted by molar-refractivity contribution is -0.131. The second-order valence-electron chi connectivity index (χ2n) is 8.51. The molecule has 0 saturated carbocycles. The lowest BCUT2D eigenvalue weighted by Crippen LogP contribution is -2.32. The van der Waals surface area contributed by atoms with Gasteiger partial charge in [-0.2, -0.15) is 0 Å². The van der Waals surface area contributed by atoms with Crippen molar-refractivity contribution in [2.75, 3.05) is 6.54 Å². The average Bonchev–Trinajstić information content (AvgIpc) is 3.58. The fraction of sp³-hybridized carbons (Fsp3) is 0.231. The van der Waals surface area contributed by atoms with Crippen LogP contribution in [0.25, 0.3) is 33.3 Å². The topological polar surface area (TPSA) is 85.3 Å². The third-order valence-corrected chi connectivity index (χ3v) is 6.33. The Kier molecular flexibility index (Phi) is 4.68. The maximum absolute atomic E-state index is 13.2. The number of fused-ring (bicyclic) bond motifs is 2. The second kappa shape index (κ2) is 7.85. The van der Waals surface area contributed by atoms with Crippen molar-refractivity contribution in [1.29, 1.82) is 0 Å². The SMILES string of the molecule is Cc1ccc2c(CC(=O)N3CCC[C@@H]3c3nnc(-c4nccc5ccccc45)o3)coc2c1. The molecule has 0 unspecified atom stereocenters. The van der Waals surface area contributed by atoms with Crippen molar-refractivity contribution in [3.63, 3.8) is 0 Å². The summed E-state index contributed by atoms with van der Waals surface area (Å²) in [5.74, 6) is 0.861. The molecule has 1 aliphatic rings. The molecule has 5 aromatic rings. The lowest BCUT2D eigenvalue weighted by atomic mass is 10.1. The molecule has 0 aliphatic carbocycles. The van der Waals surface area contributed by atoms with Crippen molar-refractivity contribution in [1.82, 2.24) is 20.1 Å². The number of carbonyl (C=O) groups is 1. The van der Waals surface area contributed by atoms with Gasteiger partial charge in [0.05, 0.1) is 12.7 Å². The zero-order valence-corrected chi connectivity index (χ0v) is 18.2. The predicted octanol–water partition coefficient (Wildman–Crippen LogP) is 5.25. The Balaban J connectivity index is 1.26. The summed E-state index contributed by atoms with van der Waals surface area (Å²) < 4.78 is 11.7. The number of amides is 1. The van der Waals surface area contributed by atoms with Gasteiger partial charge in [-0.05, 0) is 42.8 Å². The van der Waals surface area contributed by atoms with E-state index in [1.807, 2.05) is 60.4 Å². The van der Waals surface area contributed by atoms with Crippen molar-refractivity contribution in [2.24, 2.45) is 0 Å². The number of hydrogen-bond acceptors (Lipinski definition) is 6. The van der Waals surface area contributed by atoms with Crippen LogP contribution in [0.2, 0.25) is 0 Å². The van der Waals surface area contributed by atoms with E-state index in [1.165, 1.54) is 0 Å². The molecular formula is C26H22N4O3. The number of hydrogen-bond donors (Lipinski definition) is 0. The van der Waals surface area contributed by atoms with Crippen LogP contribution in [0.3, 0.4) is 0 Å². The molecule has 164 valence electrons. The first-order valence-corrected chi connectivity index (χ1v) is 11.1. The third-order valence-electron chi connectivity index (χ3n) is 6.33. The van der Waals surface area contributed by atoms with E-state index >= 15 is 0 Å². The fourth-order valence-electron chi connectivity index (χ4n) is 4.67. The molecule has 1 aliphatic heterocycles. The minimum Gasteiger partial charge on any atom is -0.464 e. The summed E-state index contributed by atoms with van der Waals surface area (Å²) in [4.78, 5) is 19.6. The van der Waals surface area contributed by atoms with E-state index in [0.717, 1.165) is 45.7 Å². The van der Waals surface area contributed by atoms with E-state index in [2.05, 4.69) is 15.2 Å². The Morgan fingerprint density at radius 1 is 1.12 bits per heavy atom. The van der Waals surface area contributed by atoms with E-state index in [1.54, 1.807) is 12.5 Å². The first-order chi connectivity index (χ1) is 16.2. The quantitative estimate of drug-likeness (QED) is 0.381. The van der Waals surface area contributed by atoms with E-state index in [0.29, 0.717) is 24.0 Å². The van der Waals surface area contributed by atoms with Gasteiger partial charge in [-0.15, -0.1) is 10.2 Å². The number of rotatable bonds is 4. The first kappa shape index (κ1) is 19.7. The molecule has 2 aromatic carbocycles. The molecule has 0 N–H and O–H groups in total. The van der Waals surface area contributed by atoms with Crippen LogP contribution in [0.15, 0.2) is 69.8 Å². The molecule has 1 fully saturated rings. The highest BCUT2D eigenvalue weighted by molar-refractivity contribution is 5.92.